The van der Waals surface area contributed by atoms with Crippen LogP contribution < -0.4 is 5.32 Å². The SMILES string of the molecule is CCCc1ccccc1NC1CCCc2ccc(O)cc21. The van der Waals surface area contributed by atoms with E-state index in [4.69, 9.17) is 0 Å². The van der Waals surface area contributed by atoms with Crippen LogP contribution in [-0.2, 0) is 12.8 Å². The van der Waals surface area contributed by atoms with Crippen LogP contribution in [0.1, 0.15) is 48.9 Å². The van der Waals surface area contributed by atoms with Crippen LogP contribution in [0.4, 0.5) is 5.69 Å². The number of hydrogen-bond acceptors (Lipinski definition) is 2. The Balaban J connectivity index is 1.88. The molecule has 3 rings (SSSR count). The largest absolute Gasteiger partial charge is 0.508 e. The van der Waals surface area contributed by atoms with Crippen LogP contribution in [-0.4, -0.2) is 5.11 Å². The number of aromatic hydroxyl groups is 1. The van der Waals surface area contributed by atoms with Gasteiger partial charge in [0, 0.05) is 5.69 Å². The van der Waals surface area contributed by atoms with Crippen molar-refractivity contribution in [1.82, 2.24) is 0 Å². The Morgan fingerprint density at radius 3 is 2.90 bits per heavy atom. The third-order valence-corrected chi connectivity index (χ3v) is 4.31. The van der Waals surface area contributed by atoms with Crippen molar-refractivity contribution in [1.29, 1.82) is 0 Å². The zero-order valence-corrected chi connectivity index (χ0v) is 12.6. The van der Waals surface area contributed by atoms with Crippen molar-refractivity contribution in [2.24, 2.45) is 0 Å². The fraction of sp³-hybridized carbons (Fsp3) is 0.368. The molecule has 0 aromatic heterocycles. The minimum atomic E-state index is 0.304. The zero-order chi connectivity index (χ0) is 14.7. The van der Waals surface area contributed by atoms with Crippen molar-refractivity contribution in [2.75, 3.05) is 5.32 Å². The third kappa shape index (κ3) is 3.05. The molecule has 0 saturated carbocycles. The Morgan fingerprint density at radius 2 is 2.05 bits per heavy atom. The number of hydrogen-bond donors (Lipinski definition) is 2. The summed E-state index contributed by atoms with van der Waals surface area (Å²) in [5, 5.41) is 13.5. The van der Waals surface area contributed by atoms with Crippen LogP contribution in [0.3, 0.4) is 0 Å². The maximum atomic E-state index is 9.78. The van der Waals surface area contributed by atoms with Crippen molar-refractivity contribution in [3.63, 3.8) is 0 Å². The average Bonchev–Trinajstić information content (AvgIpc) is 2.50. The molecule has 0 radical (unpaired) electrons. The van der Waals surface area contributed by atoms with Crippen molar-refractivity contribution >= 4 is 5.69 Å². The molecule has 0 spiro atoms. The van der Waals surface area contributed by atoms with E-state index in [0.717, 1.165) is 25.7 Å². The Morgan fingerprint density at radius 1 is 1.19 bits per heavy atom. The number of nitrogens with one attached hydrogen (secondary N) is 1. The number of para-hydroxylation sites is 1. The Hall–Kier alpha value is -1.96. The van der Waals surface area contributed by atoms with E-state index in [1.807, 2.05) is 6.07 Å². The molecule has 1 unspecified atom stereocenters. The molecule has 1 aliphatic rings. The first-order valence-corrected chi connectivity index (χ1v) is 7.94. The van der Waals surface area contributed by atoms with Gasteiger partial charge in [-0.3, -0.25) is 0 Å². The van der Waals surface area contributed by atoms with Gasteiger partial charge in [-0.15, -0.1) is 0 Å². The van der Waals surface area contributed by atoms with Crippen LogP contribution in [0.5, 0.6) is 5.75 Å². The molecule has 0 heterocycles. The molecular formula is C19H23NO. The summed E-state index contributed by atoms with van der Waals surface area (Å²) >= 11 is 0. The van der Waals surface area contributed by atoms with Crippen molar-refractivity contribution in [2.45, 2.75) is 45.1 Å². The molecule has 2 nitrogen and oxygen atoms in total. The molecule has 0 aliphatic heterocycles. The maximum Gasteiger partial charge on any atom is 0.115 e. The standard InChI is InChI=1S/C19H23NO/c1-2-6-15-7-3-4-9-18(15)20-19-10-5-8-14-11-12-16(21)13-17(14)19/h3-4,7,9,11-13,19-21H,2,5-6,8,10H2,1H3. The van der Waals surface area contributed by atoms with Gasteiger partial charge in [0.15, 0.2) is 0 Å². The Labute approximate surface area is 126 Å². The predicted molar refractivity (Wildman–Crippen MR) is 87.8 cm³/mol. The molecule has 0 fully saturated rings. The van der Waals surface area contributed by atoms with Gasteiger partial charge in [0.1, 0.15) is 5.75 Å². The second-order valence-corrected chi connectivity index (χ2v) is 5.88. The van der Waals surface area contributed by atoms with Crippen LogP contribution in [0, 0.1) is 0 Å². The van der Waals surface area contributed by atoms with Crippen LogP contribution >= 0.6 is 0 Å². The predicted octanol–water partition coefficient (Wildman–Crippen LogP) is 4.83. The molecule has 21 heavy (non-hydrogen) atoms. The highest BCUT2D eigenvalue weighted by atomic mass is 16.3. The van der Waals surface area contributed by atoms with Crippen molar-refractivity contribution in [3.05, 3.63) is 59.2 Å². The molecule has 1 aliphatic carbocycles. The minimum Gasteiger partial charge on any atom is -0.508 e. The summed E-state index contributed by atoms with van der Waals surface area (Å²) in [6.07, 6.45) is 5.69. The second kappa shape index (κ2) is 6.21. The van der Waals surface area contributed by atoms with E-state index in [1.165, 1.54) is 28.8 Å². The third-order valence-electron chi connectivity index (χ3n) is 4.31. The number of phenols is 1. The number of benzene rings is 2. The number of fused-ring (bicyclic) bond motifs is 1. The van der Waals surface area contributed by atoms with E-state index in [2.05, 4.69) is 42.6 Å². The van der Waals surface area contributed by atoms with Gasteiger partial charge in [0.05, 0.1) is 6.04 Å². The zero-order valence-electron chi connectivity index (χ0n) is 12.6. The number of rotatable bonds is 4. The maximum absolute atomic E-state index is 9.78. The van der Waals surface area contributed by atoms with Gasteiger partial charge in [-0.05, 0) is 60.6 Å². The summed E-state index contributed by atoms with van der Waals surface area (Å²) in [7, 11) is 0. The summed E-state index contributed by atoms with van der Waals surface area (Å²) in [4.78, 5) is 0. The molecule has 0 bridgehead atoms. The van der Waals surface area contributed by atoms with Crippen LogP contribution in [0.2, 0.25) is 0 Å². The first-order chi connectivity index (χ1) is 10.3. The van der Waals surface area contributed by atoms with E-state index >= 15 is 0 Å². The smallest absolute Gasteiger partial charge is 0.115 e. The summed E-state index contributed by atoms with van der Waals surface area (Å²) in [6, 6.07) is 14.7. The lowest BCUT2D eigenvalue weighted by Crippen LogP contribution is -2.18. The summed E-state index contributed by atoms with van der Waals surface area (Å²) in [6.45, 7) is 2.21. The van der Waals surface area contributed by atoms with Gasteiger partial charge in [-0.2, -0.15) is 0 Å². The lowest BCUT2D eigenvalue weighted by Gasteiger charge is -2.28. The van der Waals surface area contributed by atoms with Gasteiger partial charge in [0.2, 0.25) is 0 Å². The van der Waals surface area contributed by atoms with E-state index < -0.39 is 0 Å². The first-order valence-electron chi connectivity index (χ1n) is 7.94. The highest BCUT2D eigenvalue weighted by Crippen LogP contribution is 2.35. The second-order valence-electron chi connectivity index (χ2n) is 5.88. The Bertz CT molecular complexity index is 621. The molecule has 2 aromatic rings. The Kier molecular flexibility index (Phi) is 4.14. The lowest BCUT2D eigenvalue weighted by atomic mass is 9.87. The molecule has 2 heteroatoms. The number of aryl methyl sites for hydroxylation is 2. The fourth-order valence-corrected chi connectivity index (χ4v) is 3.27. The molecule has 0 amide bonds. The number of phenolic OH excluding ortho intramolecular Hbond substituents is 1. The first kappa shape index (κ1) is 14.0. The molecular weight excluding hydrogens is 258 g/mol. The average molecular weight is 281 g/mol. The van der Waals surface area contributed by atoms with Gasteiger partial charge in [0.25, 0.3) is 0 Å². The summed E-state index contributed by atoms with van der Waals surface area (Å²) in [5.41, 5.74) is 5.24. The molecule has 2 aromatic carbocycles. The normalized spacial score (nSPS) is 17.3. The molecule has 2 N–H and O–H groups in total. The van der Waals surface area contributed by atoms with Gasteiger partial charge in [-0.1, -0.05) is 37.6 Å². The minimum absolute atomic E-state index is 0.304. The van der Waals surface area contributed by atoms with Crippen LogP contribution in [0.15, 0.2) is 42.5 Å². The summed E-state index contributed by atoms with van der Waals surface area (Å²) in [5.74, 6) is 0.365. The van der Waals surface area contributed by atoms with E-state index in [0.29, 0.717) is 11.8 Å². The van der Waals surface area contributed by atoms with Crippen molar-refractivity contribution in [3.8, 4) is 5.75 Å². The number of anilines is 1. The van der Waals surface area contributed by atoms with Crippen molar-refractivity contribution < 1.29 is 5.11 Å². The lowest BCUT2D eigenvalue weighted by molar-refractivity contribution is 0.471. The van der Waals surface area contributed by atoms with Crippen LogP contribution in [0.25, 0.3) is 0 Å². The molecule has 0 saturated heterocycles. The summed E-state index contributed by atoms with van der Waals surface area (Å²) < 4.78 is 0. The fourth-order valence-electron chi connectivity index (χ4n) is 3.27. The monoisotopic (exact) mass is 281 g/mol. The molecule has 1 atom stereocenters. The van der Waals surface area contributed by atoms with Gasteiger partial charge in [-0.25, -0.2) is 0 Å². The van der Waals surface area contributed by atoms with Gasteiger partial charge >= 0.3 is 0 Å². The van der Waals surface area contributed by atoms with Gasteiger partial charge < -0.3 is 10.4 Å². The molecule has 110 valence electrons. The van der Waals surface area contributed by atoms with E-state index in [1.54, 1.807) is 6.07 Å². The topological polar surface area (TPSA) is 32.3 Å². The quantitative estimate of drug-likeness (QED) is 0.841. The highest BCUT2D eigenvalue weighted by Gasteiger charge is 2.21. The van der Waals surface area contributed by atoms with E-state index in [9.17, 15) is 5.11 Å². The highest BCUT2D eigenvalue weighted by molar-refractivity contribution is 5.54. The van der Waals surface area contributed by atoms with E-state index in [-0.39, 0.29) is 0 Å².